The fraction of sp³-hybridized carbons (Fsp3) is 0.500. The van der Waals surface area contributed by atoms with Crippen molar-refractivity contribution < 1.29 is 8.78 Å². The van der Waals surface area contributed by atoms with Crippen LogP contribution >= 0.6 is 0 Å². The van der Waals surface area contributed by atoms with Crippen molar-refractivity contribution in [2.45, 2.75) is 32.2 Å². The molecule has 0 saturated carbocycles. The molecule has 1 aromatic heterocycles. The largest absolute Gasteiger partial charge is 0.340 e. The van der Waals surface area contributed by atoms with Gasteiger partial charge in [-0.3, -0.25) is 0 Å². The van der Waals surface area contributed by atoms with Gasteiger partial charge in [-0.15, -0.1) is 0 Å². The number of aromatic amines is 1. The van der Waals surface area contributed by atoms with E-state index in [1.54, 1.807) is 0 Å². The third-order valence-electron chi connectivity index (χ3n) is 3.94. The van der Waals surface area contributed by atoms with Crippen molar-refractivity contribution in [3.8, 4) is 0 Å². The number of imidazole rings is 1. The zero-order chi connectivity index (χ0) is 13.4. The first-order valence-electron chi connectivity index (χ1n) is 6.75. The minimum Gasteiger partial charge on any atom is -0.340 e. The monoisotopic (exact) mass is 265 g/mol. The van der Waals surface area contributed by atoms with Crippen molar-refractivity contribution in [1.82, 2.24) is 15.3 Å². The first kappa shape index (κ1) is 12.5. The SMILES string of the molecule is CCC1CCNC(c2nc3c(F)cc(F)cc3[nH]2)C1. The van der Waals surface area contributed by atoms with Crippen LogP contribution in [0.3, 0.4) is 0 Å². The highest BCUT2D eigenvalue weighted by molar-refractivity contribution is 5.75. The molecule has 3 rings (SSSR count). The Morgan fingerprint density at radius 1 is 1.37 bits per heavy atom. The Hall–Kier alpha value is -1.49. The van der Waals surface area contributed by atoms with E-state index in [1.165, 1.54) is 6.07 Å². The number of halogens is 2. The van der Waals surface area contributed by atoms with Crippen molar-refractivity contribution in [3.63, 3.8) is 0 Å². The zero-order valence-electron chi connectivity index (χ0n) is 10.8. The molecule has 19 heavy (non-hydrogen) atoms. The van der Waals surface area contributed by atoms with E-state index in [0.29, 0.717) is 17.3 Å². The Bertz CT molecular complexity index is 594. The summed E-state index contributed by atoms with van der Waals surface area (Å²) in [6.45, 7) is 3.12. The molecule has 3 nitrogen and oxygen atoms in total. The molecule has 2 atom stereocenters. The van der Waals surface area contributed by atoms with Gasteiger partial charge in [0, 0.05) is 6.07 Å². The van der Waals surface area contributed by atoms with Crippen LogP contribution < -0.4 is 5.32 Å². The molecule has 1 fully saturated rings. The summed E-state index contributed by atoms with van der Waals surface area (Å²) in [6, 6.07) is 2.26. The lowest BCUT2D eigenvalue weighted by Gasteiger charge is -2.28. The van der Waals surface area contributed by atoms with Gasteiger partial charge in [0.05, 0.1) is 11.6 Å². The van der Waals surface area contributed by atoms with Gasteiger partial charge in [-0.05, 0) is 31.4 Å². The minimum absolute atomic E-state index is 0.105. The standard InChI is InChI=1S/C14H17F2N3/c1-2-8-3-4-17-12(5-8)14-18-11-7-9(15)6-10(16)13(11)19-14/h6-8,12,17H,2-5H2,1H3,(H,18,19). The highest BCUT2D eigenvalue weighted by Crippen LogP contribution is 2.29. The second-order valence-corrected chi connectivity index (χ2v) is 5.21. The summed E-state index contributed by atoms with van der Waals surface area (Å²) in [5.41, 5.74) is 0.643. The van der Waals surface area contributed by atoms with E-state index in [4.69, 9.17) is 0 Å². The maximum Gasteiger partial charge on any atom is 0.153 e. The molecular weight excluding hydrogens is 248 g/mol. The molecule has 1 saturated heterocycles. The van der Waals surface area contributed by atoms with Crippen LogP contribution in [0.4, 0.5) is 8.78 Å². The molecule has 2 unspecified atom stereocenters. The van der Waals surface area contributed by atoms with E-state index in [9.17, 15) is 8.78 Å². The molecule has 1 aliphatic rings. The second-order valence-electron chi connectivity index (χ2n) is 5.21. The summed E-state index contributed by atoms with van der Waals surface area (Å²) in [7, 11) is 0. The highest BCUT2D eigenvalue weighted by Gasteiger charge is 2.24. The number of piperidine rings is 1. The van der Waals surface area contributed by atoms with Crippen molar-refractivity contribution in [3.05, 3.63) is 29.6 Å². The molecule has 102 valence electrons. The Morgan fingerprint density at radius 3 is 3.00 bits per heavy atom. The fourth-order valence-corrected chi connectivity index (χ4v) is 2.80. The molecular formula is C14H17F2N3. The quantitative estimate of drug-likeness (QED) is 0.874. The van der Waals surface area contributed by atoms with Gasteiger partial charge in [0.2, 0.25) is 0 Å². The number of H-pyrrole nitrogens is 1. The van der Waals surface area contributed by atoms with Crippen LogP contribution in [0.15, 0.2) is 12.1 Å². The second kappa shape index (κ2) is 4.89. The van der Waals surface area contributed by atoms with Crippen LogP contribution in [0.2, 0.25) is 0 Å². The maximum atomic E-state index is 13.6. The minimum atomic E-state index is -0.611. The lowest BCUT2D eigenvalue weighted by Crippen LogP contribution is -2.32. The first-order chi connectivity index (χ1) is 9.17. The number of fused-ring (bicyclic) bond motifs is 1. The molecule has 0 bridgehead atoms. The Morgan fingerprint density at radius 2 is 2.21 bits per heavy atom. The zero-order valence-corrected chi connectivity index (χ0v) is 10.8. The van der Waals surface area contributed by atoms with E-state index in [0.717, 1.165) is 31.9 Å². The maximum absolute atomic E-state index is 13.6. The van der Waals surface area contributed by atoms with Crippen LogP contribution in [-0.4, -0.2) is 16.5 Å². The number of nitrogens with zero attached hydrogens (tertiary/aromatic N) is 1. The Labute approximate surface area is 110 Å². The van der Waals surface area contributed by atoms with Crippen molar-refractivity contribution in [2.24, 2.45) is 5.92 Å². The van der Waals surface area contributed by atoms with Gasteiger partial charge in [-0.2, -0.15) is 0 Å². The fourth-order valence-electron chi connectivity index (χ4n) is 2.80. The van der Waals surface area contributed by atoms with Gasteiger partial charge in [-0.25, -0.2) is 13.8 Å². The van der Waals surface area contributed by atoms with Gasteiger partial charge >= 0.3 is 0 Å². The molecule has 0 aliphatic carbocycles. The van der Waals surface area contributed by atoms with Crippen molar-refractivity contribution in [2.75, 3.05) is 6.54 Å². The summed E-state index contributed by atoms with van der Waals surface area (Å²) in [4.78, 5) is 7.32. The Kier molecular flexibility index (Phi) is 3.22. The number of nitrogens with one attached hydrogen (secondary N) is 2. The molecule has 5 heteroatoms. The van der Waals surface area contributed by atoms with E-state index in [-0.39, 0.29) is 11.6 Å². The smallest absolute Gasteiger partial charge is 0.153 e. The molecule has 0 radical (unpaired) electrons. The van der Waals surface area contributed by atoms with E-state index in [2.05, 4.69) is 22.2 Å². The molecule has 1 aliphatic heterocycles. The molecule has 0 amide bonds. The number of benzene rings is 1. The molecule has 2 heterocycles. The third-order valence-corrected chi connectivity index (χ3v) is 3.94. The summed E-state index contributed by atoms with van der Waals surface area (Å²) >= 11 is 0. The summed E-state index contributed by atoms with van der Waals surface area (Å²) in [5, 5.41) is 3.38. The average Bonchev–Trinajstić information content (AvgIpc) is 2.83. The summed E-state index contributed by atoms with van der Waals surface area (Å²) < 4.78 is 26.8. The topological polar surface area (TPSA) is 40.7 Å². The predicted molar refractivity (Wildman–Crippen MR) is 69.8 cm³/mol. The Balaban J connectivity index is 1.94. The van der Waals surface area contributed by atoms with E-state index in [1.807, 2.05) is 0 Å². The van der Waals surface area contributed by atoms with Gasteiger partial charge < -0.3 is 10.3 Å². The lowest BCUT2D eigenvalue weighted by atomic mass is 9.90. The van der Waals surface area contributed by atoms with Gasteiger partial charge in [0.1, 0.15) is 17.2 Å². The van der Waals surface area contributed by atoms with E-state index < -0.39 is 11.6 Å². The molecule has 2 aromatic rings. The third kappa shape index (κ3) is 2.34. The number of hydrogen-bond acceptors (Lipinski definition) is 2. The molecule has 2 N–H and O–H groups in total. The predicted octanol–water partition coefficient (Wildman–Crippen LogP) is 3.29. The number of rotatable bonds is 2. The van der Waals surface area contributed by atoms with Crippen molar-refractivity contribution >= 4 is 11.0 Å². The van der Waals surface area contributed by atoms with Crippen molar-refractivity contribution in [1.29, 1.82) is 0 Å². The molecule has 1 aromatic carbocycles. The van der Waals surface area contributed by atoms with E-state index >= 15 is 0 Å². The lowest BCUT2D eigenvalue weighted by molar-refractivity contribution is 0.292. The highest BCUT2D eigenvalue weighted by atomic mass is 19.1. The van der Waals surface area contributed by atoms with Crippen LogP contribution in [0, 0.1) is 17.6 Å². The summed E-state index contributed by atoms with van der Waals surface area (Å²) in [6.07, 6.45) is 3.29. The van der Waals surface area contributed by atoms with Crippen LogP contribution in [0.5, 0.6) is 0 Å². The average molecular weight is 265 g/mol. The first-order valence-corrected chi connectivity index (χ1v) is 6.75. The molecule has 0 spiro atoms. The number of aromatic nitrogens is 2. The van der Waals surface area contributed by atoms with Gasteiger partial charge in [-0.1, -0.05) is 13.3 Å². The normalized spacial score (nSPS) is 23.9. The number of hydrogen-bond donors (Lipinski definition) is 2. The van der Waals surface area contributed by atoms with Crippen LogP contribution in [0.25, 0.3) is 11.0 Å². The van der Waals surface area contributed by atoms with Crippen LogP contribution in [-0.2, 0) is 0 Å². The van der Waals surface area contributed by atoms with Crippen LogP contribution in [0.1, 0.15) is 38.1 Å². The van der Waals surface area contributed by atoms with Gasteiger partial charge in [0.25, 0.3) is 0 Å². The summed E-state index contributed by atoms with van der Waals surface area (Å²) in [5.74, 6) is 0.183. The van der Waals surface area contributed by atoms with Gasteiger partial charge in [0.15, 0.2) is 5.82 Å².